The Kier molecular flexibility index (Phi) is 4.06. The average Bonchev–Trinajstić information content (AvgIpc) is 3.05. The predicted molar refractivity (Wildman–Crippen MR) is 65.5 cm³/mol. The minimum absolute atomic E-state index is 0.158. The third-order valence-corrected chi connectivity index (χ3v) is 3.70. The summed E-state index contributed by atoms with van der Waals surface area (Å²) in [5.74, 6) is 0.378. The van der Waals surface area contributed by atoms with Crippen molar-refractivity contribution >= 4 is 23.2 Å². The summed E-state index contributed by atoms with van der Waals surface area (Å²) in [7, 11) is 0. The molecule has 0 aliphatic heterocycles. The van der Waals surface area contributed by atoms with Crippen LogP contribution < -0.4 is 5.32 Å². The van der Waals surface area contributed by atoms with Gasteiger partial charge in [0.2, 0.25) is 0 Å². The molecule has 1 saturated carbocycles. The summed E-state index contributed by atoms with van der Waals surface area (Å²) in [5, 5.41) is 3.77. The van der Waals surface area contributed by atoms with Crippen LogP contribution in [0.25, 0.3) is 0 Å². The van der Waals surface area contributed by atoms with Gasteiger partial charge in [-0.15, -0.1) is 11.6 Å². The fourth-order valence-electron chi connectivity index (χ4n) is 1.66. The van der Waals surface area contributed by atoms with Gasteiger partial charge in [-0.25, -0.2) is 4.39 Å². The maximum absolute atomic E-state index is 13.4. The highest BCUT2D eigenvalue weighted by Crippen LogP contribution is 2.35. The van der Waals surface area contributed by atoms with E-state index in [0.29, 0.717) is 29.6 Å². The van der Waals surface area contributed by atoms with Crippen molar-refractivity contribution in [3.8, 4) is 0 Å². The SMILES string of the molecule is Fc1cccc(Cl)c1CNCC(Cl)C1CC1. The number of benzene rings is 1. The van der Waals surface area contributed by atoms with Gasteiger partial charge in [-0.1, -0.05) is 17.7 Å². The second kappa shape index (κ2) is 5.35. The first-order valence-corrected chi connectivity index (χ1v) is 6.27. The first-order chi connectivity index (χ1) is 7.68. The van der Waals surface area contributed by atoms with E-state index < -0.39 is 0 Å². The number of alkyl halides is 1. The molecule has 1 N–H and O–H groups in total. The Morgan fingerprint density at radius 1 is 1.44 bits per heavy atom. The molecular weight excluding hydrogens is 248 g/mol. The second-order valence-corrected chi connectivity index (χ2v) is 5.15. The van der Waals surface area contributed by atoms with Crippen LogP contribution >= 0.6 is 23.2 Å². The Morgan fingerprint density at radius 3 is 2.81 bits per heavy atom. The lowest BCUT2D eigenvalue weighted by Gasteiger charge is -2.11. The van der Waals surface area contributed by atoms with Crippen molar-refractivity contribution in [2.75, 3.05) is 6.54 Å². The summed E-state index contributed by atoms with van der Waals surface area (Å²) < 4.78 is 13.4. The Labute approximate surface area is 105 Å². The van der Waals surface area contributed by atoms with E-state index in [1.54, 1.807) is 12.1 Å². The van der Waals surface area contributed by atoms with Gasteiger partial charge >= 0.3 is 0 Å². The zero-order valence-corrected chi connectivity index (χ0v) is 10.4. The van der Waals surface area contributed by atoms with E-state index in [4.69, 9.17) is 23.2 Å². The van der Waals surface area contributed by atoms with Crippen LogP contribution in [-0.4, -0.2) is 11.9 Å². The highest BCUT2D eigenvalue weighted by Gasteiger charge is 2.29. The molecule has 1 aromatic rings. The van der Waals surface area contributed by atoms with Crippen molar-refractivity contribution in [3.05, 3.63) is 34.6 Å². The van der Waals surface area contributed by atoms with Gasteiger partial charge in [-0.05, 0) is 30.9 Å². The third kappa shape index (κ3) is 3.09. The van der Waals surface area contributed by atoms with Gasteiger partial charge in [0.15, 0.2) is 0 Å². The van der Waals surface area contributed by atoms with E-state index >= 15 is 0 Å². The monoisotopic (exact) mass is 261 g/mol. The van der Waals surface area contributed by atoms with E-state index in [-0.39, 0.29) is 11.2 Å². The second-order valence-electron chi connectivity index (χ2n) is 4.18. The van der Waals surface area contributed by atoms with Gasteiger partial charge in [0.05, 0.1) is 0 Å². The van der Waals surface area contributed by atoms with Gasteiger partial charge in [0.25, 0.3) is 0 Å². The van der Waals surface area contributed by atoms with E-state index in [0.717, 1.165) is 0 Å². The van der Waals surface area contributed by atoms with Crippen molar-refractivity contribution in [2.45, 2.75) is 24.8 Å². The molecule has 4 heteroatoms. The molecule has 1 nitrogen and oxygen atoms in total. The molecule has 0 bridgehead atoms. The Balaban J connectivity index is 1.84. The van der Waals surface area contributed by atoms with E-state index in [1.165, 1.54) is 18.9 Å². The molecule has 0 saturated heterocycles. The molecule has 2 rings (SSSR count). The smallest absolute Gasteiger partial charge is 0.129 e. The quantitative estimate of drug-likeness (QED) is 0.799. The lowest BCUT2D eigenvalue weighted by Crippen LogP contribution is -2.24. The summed E-state index contributed by atoms with van der Waals surface area (Å²) in [6.45, 7) is 1.14. The van der Waals surface area contributed by atoms with Crippen LogP contribution in [0.4, 0.5) is 4.39 Å². The van der Waals surface area contributed by atoms with Gasteiger partial charge < -0.3 is 5.32 Å². The summed E-state index contributed by atoms with van der Waals surface area (Å²) in [5.41, 5.74) is 0.517. The first kappa shape index (κ1) is 12.2. The molecule has 1 atom stereocenters. The molecule has 1 fully saturated rings. The number of halogens is 3. The van der Waals surface area contributed by atoms with Crippen molar-refractivity contribution in [3.63, 3.8) is 0 Å². The lowest BCUT2D eigenvalue weighted by molar-refractivity contribution is 0.574. The van der Waals surface area contributed by atoms with Gasteiger partial charge in [-0.3, -0.25) is 0 Å². The molecule has 1 unspecified atom stereocenters. The predicted octanol–water partition coefficient (Wildman–Crippen LogP) is 3.59. The molecule has 16 heavy (non-hydrogen) atoms. The summed E-state index contributed by atoms with van der Waals surface area (Å²) in [4.78, 5) is 0. The van der Waals surface area contributed by atoms with Crippen LogP contribution in [0, 0.1) is 11.7 Å². The molecular formula is C12H14Cl2FN. The van der Waals surface area contributed by atoms with E-state index in [1.807, 2.05) is 0 Å². The van der Waals surface area contributed by atoms with Crippen LogP contribution in [0.15, 0.2) is 18.2 Å². The van der Waals surface area contributed by atoms with Crippen LogP contribution in [0.3, 0.4) is 0 Å². The van der Waals surface area contributed by atoms with Crippen LogP contribution in [0.5, 0.6) is 0 Å². The van der Waals surface area contributed by atoms with Crippen molar-refractivity contribution in [1.82, 2.24) is 5.32 Å². The van der Waals surface area contributed by atoms with Gasteiger partial charge in [0, 0.05) is 29.1 Å². The minimum atomic E-state index is -0.266. The molecule has 1 aromatic carbocycles. The third-order valence-electron chi connectivity index (χ3n) is 2.84. The molecule has 0 heterocycles. The standard InChI is InChI=1S/C12H14Cl2FN/c13-10-2-1-3-12(15)9(10)6-16-7-11(14)8-4-5-8/h1-3,8,11,16H,4-7H2. The zero-order valence-electron chi connectivity index (χ0n) is 8.85. The topological polar surface area (TPSA) is 12.0 Å². The number of rotatable bonds is 5. The summed E-state index contributed by atoms with van der Waals surface area (Å²) in [6.07, 6.45) is 2.44. The van der Waals surface area contributed by atoms with Crippen LogP contribution in [0.1, 0.15) is 18.4 Å². The molecule has 0 aromatic heterocycles. The summed E-state index contributed by atoms with van der Waals surface area (Å²) in [6, 6.07) is 4.72. The normalized spacial score (nSPS) is 17.4. The molecule has 88 valence electrons. The van der Waals surface area contributed by atoms with Crippen molar-refractivity contribution in [2.24, 2.45) is 5.92 Å². The number of nitrogens with one attached hydrogen (secondary N) is 1. The molecule has 1 aliphatic carbocycles. The van der Waals surface area contributed by atoms with E-state index in [2.05, 4.69) is 5.32 Å². The first-order valence-electron chi connectivity index (χ1n) is 5.46. The van der Waals surface area contributed by atoms with E-state index in [9.17, 15) is 4.39 Å². The fraction of sp³-hybridized carbons (Fsp3) is 0.500. The summed E-state index contributed by atoms with van der Waals surface area (Å²) >= 11 is 12.0. The largest absolute Gasteiger partial charge is 0.311 e. The minimum Gasteiger partial charge on any atom is -0.311 e. The Hall–Kier alpha value is -0.310. The Morgan fingerprint density at radius 2 is 2.19 bits per heavy atom. The van der Waals surface area contributed by atoms with Crippen molar-refractivity contribution in [1.29, 1.82) is 0 Å². The molecule has 0 amide bonds. The maximum Gasteiger partial charge on any atom is 0.129 e. The molecule has 1 aliphatic rings. The van der Waals surface area contributed by atoms with Crippen molar-refractivity contribution < 1.29 is 4.39 Å². The Bertz CT molecular complexity index is 346. The van der Waals surface area contributed by atoms with Gasteiger partial charge in [-0.2, -0.15) is 0 Å². The lowest BCUT2D eigenvalue weighted by atomic mass is 10.2. The number of hydrogen-bond donors (Lipinski definition) is 1. The van der Waals surface area contributed by atoms with Crippen LogP contribution in [-0.2, 0) is 6.54 Å². The average molecular weight is 262 g/mol. The maximum atomic E-state index is 13.4. The van der Waals surface area contributed by atoms with Gasteiger partial charge in [0.1, 0.15) is 5.82 Å². The zero-order chi connectivity index (χ0) is 11.5. The molecule has 0 spiro atoms. The highest BCUT2D eigenvalue weighted by atomic mass is 35.5. The fourth-order valence-corrected chi connectivity index (χ4v) is 2.25. The molecule has 0 radical (unpaired) electrons. The van der Waals surface area contributed by atoms with Crippen LogP contribution in [0.2, 0.25) is 5.02 Å². The highest BCUT2D eigenvalue weighted by molar-refractivity contribution is 6.31. The number of hydrogen-bond acceptors (Lipinski definition) is 1.